The fourth-order valence-electron chi connectivity index (χ4n) is 0.117. The summed E-state index contributed by atoms with van der Waals surface area (Å²) in [7, 11) is -10.7. The Morgan fingerprint density at radius 2 is 1.43 bits per heavy atom. The van der Waals surface area contributed by atoms with E-state index in [-0.39, 0.29) is 24.8 Å². The number of esters is 1. The summed E-state index contributed by atoms with van der Waals surface area (Å²) >= 11 is 0. The maximum absolute atomic E-state index is 10.7. The van der Waals surface area contributed by atoms with Crippen molar-refractivity contribution in [2.24, 2.45) is 0 Å². The summed E-state index contributed by atoms with van der Waals surface area (Å²) in [4.78, 5) is 9.75. The molecule has 0 aliphatic rings. The number of carbonyl (C=O) groups is 1. The van der Waals surface area contributed by atoms with E-state index in [1.165, 1.54) is 6.92 Å². The molecule has 82 valence electrons. The van der Waals surface area contributed by atoms with Crippen molar-refractivity contribution in [1.82, 2.24) is 0 Å². The number of carbonyl (C=O) groups excluding carboxylic acids is 1. The zero-order chi connectivity index (χ0) is 11.4. The van der Waals surface area contributed by atoms with Crippen LogP contribution in [0, 0.1) is 0 Å². The first-order chi connectivity index (χ1) is 5.22. The van der Waals surface area contributed by atoms with Crippen molar-refractivity contribution in [3.63, 3.8) is 0 Å². The van der Waals surface area contributed by atoms with Gasteiger partial charge in [-0.15, -0.1) is 0 Å². The second-order valence-electron chi connectivity index (χ2n) is 1.73. The second-order valence-corrected chi connectivity index (χ2v) is 3.65. The minimum Gasteiger partial charge on any atom is 1.00 e. The number of halogens is 6. The third-order valence-corrected chi connectivity index (χ3v) is 0.249. The van der Waals surface area contributed by atoms with Crippen molar-refractivity contribution in [2.75, 3.05) is 0 Å². The normalized spacial score (nSPS) is 14.5. The molecule has 10 heteroatoms. The van der Waals surface area contributed by atoms with Gasteiger partial charge >= 0.3 is 57.8 Å². The summed E-state index contributed by atoms with van der Waals surface area (Å²) in [5, 5.41) is 0. The predicted octanol–water partition coefficient (Wildman–Crippen LogP) is 1.08. The SMILES string of the molecule is C=COC(C)=O.F[P-](F)(F)(F)(F)F.[Li+]. The first kappa shape index (κ1) is 19.4. The molecule has 0 spiro atoms. The van der Waals surface area contributed by atoms with Gasteiger partial charge in [0.25, 0.3) is 0 Å². The van der Waals surface area contributed by atoms with Crippen LogP contribution in [0.25, 0.3) is 0 Å². The average Bonchev–Trinajstić information content (AvgIpc) is 1.53. The Kier molecular flexibility index (Phi) is 6.32. The molecule has 0 N–H and O–H groups in total. The molecule has 2 nitrogen and oxygen atoms in total. The summed E-state index contributed by atoms with van der Waals surface area (Å²) in [5.74, 6) is -0.329. The Balaban J connectivity index is -0.000000163. The summed E-state index contributed by atoms with van der Waals surface area (Å²) < 4.78 is 63.4. The standard InChI is InChI=1S/C4H6O2.F6P.Li/c1-3-6-4(2)5;1-7(2,3,4,5)6;/h3H,1H2,2H3;;/q;-1;+1. The Morgan fingerprint density at radius 3 is 1.43 bits per heavy atom. The maximum atomic E-state index is 9.87. The molecule has 0 rings (SSSR count). The van der Waals surface area contributed by atoms with Gasteiger partial charge < -0.3 is 4.74 Å². The first-order valence-electron chi connectivity index (χ1n) is 2.57. The van der Waals surface area contributed by atoms with Crippen LogP contribution < -0.4 is 18.9 Å². The summed E-state index contributed by atoms with van der Waals surface area (Å²) in [6.07, 6.45) is 1.10. The van der Waals surface area contributed by atoms with Crippen LogP contribution in [0.15, 0.2) is 12.8 Å². The largest absolute Gasteiger partial charge is 1.00 e. The van der Waals surface area contributed by atoms with Crippen LogP contribution in [0.1, 0.15) is 6.92 Å². The van der Waals surface area contributed by atoms with Crippen molar-refractivity contribution in [2.45, 2.75) is 6.92 Å². The van der Waals surface area contributed by atoms with Crippen LogP contribution in [-0.2, 0) is 9.53 Å². The molecule has 0 bridgehead atoms. The van der Waals surface area contributed by atoms with E-state index in [2.05, 4.69) is 11.3 Å². The third kappa shape index (κ3) is 174. The van der Waals surface area contributed by atoms with E-state index in [0.717, 1.165) is 6.26 Å². The summed E-state index contributed by atoms with van der Waals surface area (Å²) in [6.45, 7) is 4.48. The fourth-order valence-corrected chi connectivity index (χ4v) is 0.117. The zero-order valence-corrected chi connectivity index (χ0v) is 8.21. The average molecular weight is 238 g/mol. The van der Waals surface area contributed by atoms with Crippen LogP contribution in [0.4, 0.5) is 25.2 Å². The number of hydrogen-bond acceptors (Lipinski definition) is 2. The van der Waals surface area contributed by atoms with Crippen LogP contribution in [0.3, 0.4) is 0 Å². The Hall–Kier alpha value is -0.183. The molecule has 0 amide bonds. The van der Waals surface area contributed by atoms with Crippen molar-refractivity contribution < 1.29 is 53.6 Å². The van der Waals surface area contributed by atoms with Gasteiger partial charge in [0.1, 0.15) is 0 Å². The van der Waals surface area contributed by atoms with E-state index in [1.54, 1.807) is 0 Å². The molecule has 0 saturated heterocycles. The molecule has 0 heterocycles. The van der Waals surface area contributed by atoms with Gasteiger partial charge in [0.2, 0.25) is 0 Å². The summed E-state index contributed by atoms with van der Waals surface area (Å²) in [5.41, 5.74) is 0. The molecule has 14 heavy (non-hydrogen) atoms. The molecule has 0 atom stereocenters. The van der Waals surface area contributed by atoms with E-state index >= 15 is 0 Å². The second kappa shape index (κ2) is 4.56. The van der Waals surface area contributed by atoms with E-state index in [4.69, 9.17) is 0 Å². The van der Waals surface area contributed by atoms with E-state index < -0.39 is 7.81 Å². The third-order valence-electron chi connectivity index (χ3n) is 0.249. The topological polar surface area (TPSA) is 26.3 Å². The van der Waals surface area contributed by atoms with Crippen LogP contribution in [0.5, 0.6) is 0 Å². The van der Waals surface area contributed by atoms with Gasteiger partial charge in [-0.3, -0.25) is 4.79 Å². The van der Waals surface area contributed by atoms with Gasteiger partial charge in [0.05, 0.1) is 6.26 Å². The van der Waals surface area contributed by atoms with Crippen molar-refractivity contribution >= 4 is 13.8 Å². The van der Waals surface area contributed by atoms with Gasteiger partial charge in [-0.1, -0.05) is 6.58 Å². The van der Waals surface area contributed by atoms with Gasteiger partial charge in [-0.25, -0.2) is 0 Å². The molecule has 0 aromatic rings. The minimum absolute atomic E-state index is 0. The van der Waals surface area contributed by atoms with Gasteiger partial charge in [0, 0.05) is 6.92 Å². The first-order valence-corrected chi connectivity index (χ1v) is 4.59. The Labute approximate surface area is 87.7 Å². The van der Waals surface area contributed by atoms with Gasteiger partial charge in [-0.2, -0.15) is 0 Å². The number of ether oxygens (including phenoxy) is 1. The van der Waals surface area contributed by atoms with Crippen molar-refractivity contribution in [3.8, 4) is 0 Å². The molecule has 0 unspecified atom stereocenters. The van der Waals surface area contributed by atoms with Gasteiger partial charge in [-0.05, 0) is 0 Å². The molecule has 0 aliphatic heterocycles. The van der Waals surface area contributed by atoms with Gasteiger partial charge in [0.15, 0.2) is 0 Å². The van der Waals surface area contributed by atoms with Crippen LogP contribution in [0.2, 0.25) is 0 Å². The number of hydrogen-bond donors (Lipinski definition) is 0. The molecule has 0 fully saturated rings. The molecular weight excluding hydrogens is 232 g/mol. The smallest absolute Gasteiger partial charge is 1.00 e. The van der Waals surface area contributed by atoms with Crippen molar-refractivity contribution in [1.29, 1.82) is 0 Å². The van der Waals surface area contributed by atoms with Crippen molar-refractivity contribution in [3.05, 3.63) is 12.8 Å². The minimum atomic E-state index is -10.7. The monoisotopic (exact) mass is 238 g/mol. The maximum Gasteiger partial charge on any atom is 1.00 e. The predicted molar refractivity (Wildman–Crippen MR) is 35.5 cm³/mol. The zero-order valence-electron chi connectivity index (χ0n) is 7.32. The van der Waals surface area contributed by atoms with E-state index in [0.29, 0.717) is 0 Å². The molecule has 0 radical (unpaired) electrons. The molecule has 0 aromatic heterocycles. The van der Waals surface area contributed by atoms with E-state index in [1.807, 2.05) is 0 Å². The number of rotatable bonds is 1. The quantitative estimate of drug-likeness (QED) is 0.224. The van der Waals surface area contributed by atoms with E-state index in [9.17, 15) is 30.0 Å². The van der Waals surface area contributed by atoms with Crippen LogP contribution >= 0.6 is 7.81 Å². The molecule has 0 saturated carbocycles. The van der Waals surface area contributed by atoms with Crippen LogP contribution in [-0.4, -0.2) is 5.97 Å². The molecular formula is C4H6F6LiO2P. The fraction of sp³-hybridized carbons (Fsp3) is 0.250. The Morgan fingerprint density at radius 1 is 1.21 bits per heavy atom. The Bertz CT molecular complexity index is 195. The summed E-state index contributed by atoms with van der Waals surface area (Å²) in [6, 6.07) is 0. The molecule has 0 aromatic carbocycles. The molecule has 0 aliphatic carbocycles.